The van der Waals surface area contributed by atoms with Gasteiger partial charge < -0.3 is 57.2 Å². The first kappa shape index (κ1) is 68.8. The van der Waals surface area contributed by atoms with E-state index in [9.17, 15) is 26.4 Å². The first-order valence-corrected chi connectivity index (χ1v) is 38.5. The summed E-state index contributed by atoms with van der Waals surface area (Å²) < 4.78 is 99.7. The number of nitrogens with one attached hydrogen (secondary N) is 2. The number of likely N-dealkylation sites (tertiary alicyclic amines) is 2. The van der Waals surface area contributed by atoms with Crippen LogP contribution in [-0.2, 0) is 62.0 Å². The zero-order valence-electron chi connectivity index (χ0n) is 59.0. The van der Waals surface area contributed by atoms with Crippen molar-refractivity contribution >= 4 is 65.9 Å². The van der Waals surface area contributed by atoms with E-state index in [4.69, 9.17) is 28.4 Å². The van der Waals surface area contributed by atoms with Gasteiger partial charge in [0.05, 0.1) is 38.7 Å². The largest absolute Gasteiger partial charge is 0.497 e. The van der Waals surface area contributed by atoms with Crippen LogP contribution in [0, 0.1) is 0 Å². The number of fused-ring (bicyclic) bond motifs is 18. The number of hydrogen-bond acceptors (Lipinski definition) is 16. The zero-order valence-corrected chi connectivity index (χ0v) is 60.6. The number of nitrogens with zero attached hydrogens (tertiary/aromatic N) is 8. The zero-order chi connectivity index (χ0) is 70.3. The van der Waals surface area contributed by atoms with Gasteiger partial charge in [0.2, 0.25) is 0 Å². The molecule has 0 spiro atoms. The van der Waals surface area contributed by atoms with E-state index < -0.39 is 61.4 Å². The second-order valence-corrected chi connectivity index (χ2v) is 34.2. The minimum atomic E-state index is -4.02. The van der Waals surface area contributed by atoms with Gasteiger partial charge in [-0.15, -0.1) is 0 Å². The van der Waals surface area contributed by atoms with Crippen LogP contribution in [0.25, 0.3) is 44.3 Å². The Bertz CT molecular complexity index is 4490. The lowest BCUT2D eigenvalue weighted by molar-refractivity contribution is -0.186. The molecule has 2 saturated carbocycles. The van der Waals surface area contributed by atoms with Crippen LogP contribution in [0.4, 0.5) is 0 Å². The molecule has 16 rings (SSSR count). The third kappa shape index (κ3) is 11.5. The lowest BCUT2D eigenvalue weighted by atomic mass is 9.80. The van der Waals surface area contributed by atoms with Crippen molar-refractivity contribution in [2.45, 2.75) is 182 Å². The summed E-state index contributed by atoms with van der Waals surface area (Å²) in [5.74, 6) is -0.802. The van der Waals surface area contributed by atoms with Gasteiger partial charge in [-0.1, -0.05) is 50.7 Å². The Hall–Kier alpha value is -6.98. The standard InChI is InChI=1S/C38H49N5O7S.C36H45N5O7S/c1-37(2)49-34-30-19-27(48-6)15-17-28(30)33-32(23-10-8-7-9-11-23)29-16-12-24(35(44)39-51(46,47)40(3)4)18-31(29)42(33)22-38(34,50-37)36(45)43-25-13-14-26(43)21-41(5)20-25;1-38(2)49(44,45)37-34(42)23-10-14-28-30(16-23)40-20-36(35(43)41-24-11-12-25(41)19-39(3)18-24)33(47-21-48-36)29-17-26(46-4)13-15-27(29)32(40)31(28)22-8-6-5-7-9-22/h12,15-19,23,25-26,34H,7-11,13-14,20-22H2,1-6H3,(H,39,44);10,13-17,22,24-25,33H,5-9,11-12,18-21H2,1-4H3,(H,37,42)/t25?,26?,34-,38+;24?,25?,33-,36+/m00/s1. The number of carbonyl (C=O) groups is 4. The number of amides is 4. The normalized spacial score (nSPS) is 27.4. The van der Waals surface area contributed by atoms with Crippen LogP contribution in [0.1, 0.15) is 171 Å². The van der Waals surface area contributed by atoms with Gasteiger partial charge in [0.25, 0.3) is 23.6 Å². The Balaban J connectivity index is 0.000000163. The third-order valence-electron chi connectivity index (χ3n) is 23.3. The highest BCUT2D eigenvalue weighted by Crippen LogP contribution is 2.58. The molecule has 4 unspecified atom stereocenters. The molecule has 2 aromatic heterocycles. The summed E-state index contributed by atoms with van der Waals surface area (Å²) in [7, 11) is 4.97. The number of methoxy groups -OCH3 is 2. The summed E-state index contributed by atoms with van der Waals surface area (Å²) in [5, 5.41) is 1.99. The summed E-state index contributed by atoms with van der Waals surface area (Å²) in [5.41, 5.74) is 7.06. The molecule has 26 heteroatoms. The van der Waals surface area contributed by atoms with Gasteiger partial charge >= 0.3 is 20.4 Å². The summed E-state index contributed by atoms with van der Waals surface area (Å²) in [6, 6.07) is 23.2. The highest BCUT2D eigenvalue weighted by Gasteiger charge is 2.65. The Morgan fingerprint density at radius 3 is 1.36 bits per heavy atom. The minimum Gasteiger partial charge on any atom is -0.497 e. The number of aromatic nitrogens is 2. The van der Waals surface area contributed by atoms with E-state index in [0.717, 1.165) is 167 Å². The molecule has 24 nitrogen and oxygen atoms in total. The molecule has 2 N–H and O–H groups in total. The first-order valence-electron chi connectivity index (χ1n) is 35.6. The lowest BCUT2D eigenvalue weighted by Gasteiger charge is -2.44. The fourth-order valence-corrected chi connectivity index (χ4v) is 19.8. The average molecular weight is 1410 g/mol. The molecule has 10 aliphatic rings. The fraction of sp³-hybridized carbons (Fsp3) is 0.568. The quantitative estimate of drug-likeness (QED) is 0.116. The predicted octanol–water partition coefficient (Wildman–Crippen LogP) is 8.79. The number of piperazine rings is 2. The number of hydrogen-bond donors (Lipinski definition) is 2. The summed E-state index contributed by atoms with van der Waals surface area (Å²) in [6.07, 6.45) is 13.3. The van der Waals surface area contributed by atoms with Crippen LogP contribution < -0.4 is 18.9 Å². The minimum absolute atomic E-state index is 0.0315. The number of ether oxygens (including phenoxy) is 6. The van der Waals surface area contributed by atoms with Crippen LogP contribution >= 0.6 is 0 Å². The molecular weight excluding hydrogens is 1320 g/mol. The molecule has 4 aromatic carbocycles. The van der Waals surface area contributed by atoms with Gasteiger partial charge in [-0.2, -0.15) is 25.4 Å². The molecule has 10 heterocycles. The van der Waals surface area contributed by atoms with Gasteiger partial charge in [0.1, 0.15) is 30.5 Å². The molecule has 4 amide bonds. The molecular formula is C74H94N10O14S2. The van der Waals surface area contributed by atoms with Crippen molar-refractivity contribution in [3.8, 4) is 34.0 Å². The van der Waals surface area contributed by atoms with Crippen molar-refractivity contribution in [3.63, 3.8) is 0 Å². The first-order chi connectivity index (χ1) is 47.7. The van der Waals surface area contributed by atoms with E-state index in [2.05, 4.69) is 64.4 Å². The van der Waals surface area contributed by atoms with Crippen LogP contribution in [0.3, 0.4) is 0 Å². The van der Waals surface area contributed by atoms with Gasteiger partial charge in [0, 0.05) is 123 Å². The summed E-state index contributed by atoms with van der Waals surface area (Å²) >= 11 is 0. The number of carbonyl (C=O) groups excluding carboxylic acids is 4. The average Bonchev–Trinajstić information content (AvgIpc) is 1.18. The van der Waals surface area contributed by atoms with Crippen molar-refractivity contribution in [3.05, 3.63) is 106 Å². The second kappa shape index (κ2) is 25.8. The Kier molecular flexibility index (Phi) is 17.7. The van der Waals surface area contributed by atoms with E-state index in [1.165, 1.54) is 52.2 Å². The van der Waals surface area contributed by atoms with Crippen molar-refractivity contribution in [1.82, 2.24) is 46.8 Å². The third-order valence-corrected chi connectivity index (χ3v) is 26.1. The molecule has 536 valence electrons. The van der Waals surface area contributed by atoms with E-state index in [1.807, 2.05) is 50.2 Å². The summed E-state index contributed by atoms with van der Waals surface area (Å²) in [6.45, 7) is 7.26. The van der Waals surface area contributed by atoms with Crippen LogP contribution in [0.2, 0.25) is 0 Å². The van der Waals surface area contributed by atoms with Crippen molar-refractivity contribution < 1.29 is 64.4 Å². The Labute approximate surface area is 585 Å². The Morgan fingerprint density at radius 2 is 0.940 bits per heavy atom. The molecule has 6 aromatic rings. The molecule has 8 atom stereocenters. The van der Waals surface area contributed by atoms with Crippen LogP contribution in [0.5, 0.6) is 11.5 Å². The molecule has 6 saturated heterocycles. The van der Waals surface area contributed by atoms with Crippen molar-refractivity contribution in [1.29, 1.82) is 0 Å². The van der Waals surface area contributed by atoms with E-state index >= 15 is 9.59 Å². The fourth-order valence-electron chi connectivity index (χ4n) is 18.8. The van der Waals surface area contributed by atoms with Gasteiger partial charge in [0.15, 0.2) is 17.0 Å². The molecule has 0 radical (unpaired) electrons. The van der Waals surface area contributed by atoms with E-state index in [0.29, 0.717) is 11.5 Å². The van der Waals surface area contributed by atoms with Gasteiger partial charge in [-0.3, -0.25) is 19.2 Å². The predicted molar refractivity (Wildman–Crippen MR) is 376 cm³/mol. The monoisotopic (exact) mass is 1410 g/mol. The molecule has 100 heavy (non-hydrogen) atoms. The topological polar surface area (TPSA) is 245 Å². The Morgan fingerprint density at radius 1 is 0.530 bits per heavy atom. The maximum Gasteiger partial charge on any atom is 0.303 e. The maximum absolute atomic E-state index is 15.5. The molecule has 4 bridgehead atoms. The smallest absolute Gasteiger partial charge is 0.303 e. The van der Waals surface area contributed by atoms with Crippen molar-refractivity contribution in [2.75, 3.05) is 89.5 Å². The summed E-state index contributed by atoms with van der Waals surface area (Å²) in [4.78, 5) is 66.4. The second-order valence-electron chi connectivity index (χ2n) is 30.4. The van der Waals surface area contributed by atoms with E-state index in [-0.39, 0.29) is 78.8 Å². The van der Waals surface area contributed by atoms with Crippen LogP contribution in [0.15, 0.2) is 72.8 Å². The number of rotatable bonds is 12. The SMILES string of the molecule is COc1ccc2c(c1)[C@@H]1OC(C)(C)O[C@]1(C(=O)N1C3CCC1CN(C)C3)Cn1c-2c(C2CCCCC2)c2ccc(C(=O)NS(=O)(=O)N(C)C)cc21.COc1ccc2c(c1)[C@@H]1OCO[C@]1(C(=O)N1C3CCC1CN(C)C3)Cn1c-2c(C2CCCCC2)c2ccc(C(=O)NS(=O)(=O)N(C)C)cc21. The maximum atomic E-state index is 15.5. The number of likely N-dealkylation sites (N-methyl/N-ethyl adjacent to an activating group) is 2. The van der Waals surface area contributed by atoms with Crippen molar-refractivity contribution in [2.24, 2.45) is 0 Å². The molecule has 8 fully saturated rings. The molecule has 8 aliphatic heterocycles. The molecule has 2 aliphatic carbocycles. The van der Waals surface area contributed by atoms with E-state index in [1.54, 1.807) is 38.5 Å². The lowest BCUT2D eigenvalue weighted by Crippen LogP contribution is -2.62. The van der Waals surface area contributed by atoms with Gasteiger partial charge in [-0.25, -0.2) is 9.44 Å². The highest BCUT2D eigenvalue weighted by molar-refractivity contribution is 7.88. The van der Waals surface area contributed by atoms with Crippen LogP contribution in [-0.4, -0.2) is 208 Å². The highest BCUT2D eigenvalue weighted by atomic mass is 32.2. The van der Waals surface area contributed by atoms with Gasteiger partial charge in [-0.05, 0) is 174 Å². The number of benzene rings is 4.